The van der Waals surface area contributed by atoms with Gasteiger partial charge in [-0.15, -0.1) is 0 Å². The van der Waals surface area contributed by atoms with Crippen LogP contribution in [0.3, 0.4) is 0 Å². The molecule has 5 rings (SSSR count). The normalized spacial score (nSPS) is 28.3. The molecule has 2 aliphatic rings. The van der Waals surface area contributed by atoms with Gasteiger partial charge in [0.05, 0.1) is 25.6 Å². The molecule has 0 saturated carbocycles. The van der Waals surface area contributed by atoms with E-state index in [-0.39, 0.29) is 12.6 Å². The molecule has 10 nitrogen and oxygen atoms in total. The highest BCUT2D eigenvalue weighted by atomic mass is 16.6. The second kappa shape index (κ2) is 7.80. The van der Waals surface area contributed by atoms with Crippen molar-refractivity contribution in [2.24, 2.45) is 0 Å². The van der Waals surface area contributed by atoms with Gasteiger partial charge in [0, 0.05) is 19.1 Å². The van der Waals surface area contributed by atoms with Crippen molar-refractivity contribution < 1.29 is 24.4 Å². The van der Waals surface area contributed by atoms with Crippen molar-refractivity contribution in [3.8, 4) is 5.75 Å². The zero-order chi connectivity index (χ0) is 20.7. The van der Waals surface area contributed by atoms with Gasteiger partial charge < -0.3 is 29.7 Å². The minimum absolute atomic E-state index is 0.0354. The summed E-state index contributed by atoms with van der Waals surface area (Å²) in [7, 11) is 1.49. The first kappa shape index (κ1) is 19.2. The first-order chi connectivity index (χ1) is 14.7. The minimum Gasteiger partial charge on any atom is -0.493 e. The lowest BCUT2D eigenvalue weighted by molar-refractivity contribution is -0.0583. The van der Waals surface area contributed by atoms with Gasteiger partial charge in [-0.1, -0.05) is 18.2 Å². The molecule has 10 heteroatoms. The van der Waals surface area contributed by atoms with E-state index in [1.165, 1.54) is 13.4 Å². The van der Waals surface area contributed by atoms with Gasteiger partial charge in [0.2, 0.25) is 0 Å². The van der Waals surface area contributed by atoms with Crippen LogP contribution in [0.5, 0.6) is 5.75 Å². The van der Waals surface area contributed by atoms with Gasteiger partial charge in [0.1, 0.15) is 30.4 Å². The van der Waals surface area contributed by atoms with Gasteiger partial charge in [-0.3, -0.25) is 4.57 Å². The number of methoxy groups -OCH3 is 1. The lowest BCUT2D eigenvalue weighted by atomic mass is 10.0. The molecule has 3 unspecified atom stereocenters. The minimum atomic E-state index is -0.958. The van der Waals surface area contributed by atoms with Crippen molar-refractivity contribution in [3.63, 3.8) is 0 Å². The SMILES string of the molecule is COC1C(O)[C@@H](CO)O[C@H]1n1cnc2c(NC3CCOc4ccccc43)ncnc21. The molecule has 1 fully saturated rings. The van der Waals surface area contributed by atoms with Gasteiger partial charge >= 0.3 is 0 Å². The van der Waals surface area contributed by atoms with Crippen LogP contribution in [0.4, 0.5) is 5.82 Å². The first-order valence-corrected chi connectivity index (χ1v) is 9.84. The number of aromatic nitrogens is 4. The molecule has 2 aromatic heterocycles. The molecule has 1 saturated heterocycles. The fraction of sp³-hybridized carbons (Fsp3) is 0.450. The van der Waals surface area contributed by atoms with Crippen molar-refractivity contribution in [3.05, 3.63) is 42.5 Å². The number of imidazole rings is 1. The van der Waals surface area contributed by atoms with Crippen molar-refractivity contribution >= 4 is 17.0 Å². The number of anilines is 1. The Morgan fingerprint density at radius 1 is 1.27 bits per heavy atom. The second-order valence-electron chi connectivity index (χ2n) is 7.36. The van der Waals surface area contributed by atoms with Crippen molar-refractivity contribution in [1.29, 1.82) is 0 Å². The predicted molar refractivity (Wildman–Crippen MR) is 106 cm³/mol. The molecule has 5 atom stereocenters. The highest BCUT2D eigenvalue weighted by Gasteiger charge is 2.45. The first-order valence-electron chi connectivity index (χ1n) is 9.84. The van der Waals surface area contributed by atoms with Crippen molar-refractivity contribution in [1.82, 2.24) is 19.5 Å². The summed E-state index contributed by atoms with van der Waals surface area (Å²) >= 11 is 0. The maximum Gasteiger partial charge on any atom is 0.167 e. The Morgan fingerprint density at radius 2 is 2.13 bits per heavy atom. The number of benzene rings is 1. The van der Waals surface area contributed by atoms with Crippen LogP contribution in [0.15, 0.2) is 36.9 Å². The van der Waals surface area contributed by atoms with E-state index >= 15 is 0 Å². The number of rotatable bonds is 5. The summed E-state index contributed by atoms with van der Waals surface area (Å²) in [6.07, 6.45) is 0.824. The Balaban J connectivity index is 1.48. The monoisotopic (exact) mass is 413 g/mol. The van der Waals surface area contributed by atoms with Gasteiger partial charge in [-0.25, -0.2) is 15.0 Å². The molecule has 30 heavy (non-hydrogen) atoms. The number of aliphatic hydroxyl groups is 2. The third kappa shape index (κ3) is 3.08. The van der Waals surface area contributed by atoms with Crippen molar-refractivity contribution in [2.45, 2.75) is 37.0 Å². The molecule has 0 bridgehead atoms. The molecule has 0 radical (unpaired) electrons. The number of ether oxygens (including phenoxy) is 3. The standard InChI is InChI=1S/C20H23N5O5/c1-28-17-16(27)14(8-26)30-20(17)25-10-23-15-18(21-9-22-19(15)25)24-12-6-7-29-13-5-3-2-4-11(12)13/h2-5,9-10,12,14,16-17,20,26-27H,6-8H2,1H3,(H,21,22,24)/t12?,14-,16?,17?,20-/m1/s1. The highest BCUT2D eigenvalue weighted by molar-refractivity contribution is 5.83. The number of aliphatic hydroxyl groups excluding tert-OH is 2. The van der Waals surface area contributed by atoms with E-state index in [9.17, 15) is 10.2 Å². The Morgan fingerprint density at radius 3 is 2.97 bits per heavy atom. The van der Waals surface area contributed by atoms with Gasteiger partial charge in [0.25, 0.3) is 0 Å². The largest absolute Gasteiger partial charge is 0.493 e. The van der Waals surface area contributed by atoms with Gasteiger partial charge in [-0.2, -0.15) is 0 Å². The van der Waals surface area contributed by atoms with Crippen LogP contribution in [0, 0.1) is 0 Å². The number of fused-ring (bicyclic) bond motifs is 2. The summed E-state index contributed by atoms with van der Waals surface area (Å²) in [4.78, 5) is 13.3. The van der Waals surface area contributed by atoms with E-state index in [2.05, 4.69) is 20.3 Å². The Kier molecular flexibility index (Phi) is 4.99. The van der Waals surface area contributed by atoms with Crippen LogP contribution >= 0.6 is 0 Å². The third-order valence-electron chi connectivity index (χ3n) is 5.67. The van der Waals surface area contributed by atoms with Crippen LogP contribution < -0.4 is 10.1 Å². The third-order valence-corrected chi connectivity index (χ3v) is 5.67. The quantitative estimate of drug-likeness (QED) is 0.562. The van der Waals surface area contributed by atoms with Crippen molar-refractivity contribution in [2.75, 3.05) is 25.6 Å². The topological polar surface area (TPSA) is 124 Å². The van der Waals surface area contributed by atoms with E-state index in [4.69, 9.17) is 14.2 Å². The molecule has 3 aromatic rings. The molecule has 4 heterocycles. The summed E-state index contributed by atoms with van der Waals surface area (Å²) < 4.78 is 18.7. The summed E-state index contributed by atoms with van der Waals surface area (Å²) in [5.74, 6) is 1.47. The van der Waals surface area contributed by atoms with E-state index < -0.39 is 24.5 Å². The summed E-state index contributed by atoms with van der Waals surface area (Å²) in [6.45, 7) is 0.304. The van der Waals surface area contributed by atoms with Gasteiger partial charge in [-0.05, 0) is 6.07 Å². The smallest absolute Gasteiger partial charge is 0.167 e. The van der Waals surface area contributed by atoms with E-state index in [1.54, 1.807) is 10.9 Å². The maximum absolute atomic E-state index is 10.4. The molecule has 3 N–H and O–H groups in total. The Hall–Kier alpha value is -2.79. The molecule has 0 spiro atoms. The van der Waals surface area contributed by atoms with Gasteiger partial charge in [0.15, 0.2) is 23.2 Å². The van der Waals surface area contributed by atoms with E-state index in [0.717, 1.165) is 17.7 Å². The molecule has 0 amide bonds. The van der Waals surface area contributed by atoms with Crippen LogP contribution in [0.1, 0.15) is 24.3 Å². The summed E-state index contributed by atoms with van der Waals surface area (Å²) in [5.41, 5.74) is 2.20. The number of hydrogen-bond acceptors (Lipinski definition) is 9. The average molecular weight is 413 g/mol. The van der Waals surface area contributed by atoms with Crippen LogP contribution in [0.25, 0.3) is 11.2 Å². The molecular formula is C20H23N5O5. The number of nitrogens with zero attached hydrogens (tertiary/aromatic N) is 4. The number of para-hydroxylation sites is 1. The fourth-order valence-corrected chi connectivity index (χ4v) is 4.15. The lowest BCUT2D eigenvalue weighted by Crippen LogP contribution is -2.34. The fourth-order valence-electron chi connectivity index (χ4n) is 4.15. The predicted octanol–water partition coefficient (Wildman–Crippen LogP) is 1.03. The highest BCUT2D eigenvalue weighted by Crippen LogP contribution is 2.36. The summed E-state index contributed by atoms with van der Waals surface area (Å²) in [5, 5.41) is 23.3. The zero-order valence-electron chi connectivity index (χ0n) is 16.4. The number of hydrogen-bond donors (Lipinski definition) is 3. The molecule has 2 aliphatic heterocycles. The average Bonchev–Trinajstić information content (AvgIpc) is 3.35. The molecular weight excluding hydrogens is 390 g/mol. The molecule has 1 aromatic carbocycles. The Bertz CT molecular complexity index is 1040. The van der Waals surface area contributed by atoms with Crippen LogP contribution in [-0.2, 0) is 9.47 Å². The number of nitrogens with one attached hydrogen (secondary N) is 1. The van der Waals surface area contributed by atoms with E-state index in [1.807, 2.05) is 24.3 Å². The van der Waals surface area contributed by atoms with Crippen LogP contribution in [0.2, 0.25) is 0 Å². The maximum atomic E-state index is 10.4. The summed E-state index contributed by atoms with van der Waals surface area (Å²) in [6, 6.07) is 7.97. The second-order valence-corrected chi connectivity index (χ2v) is 7.36. The lowest BCUT2D eigenvalue weighted by Gasteiger charge is -2.27. The molecule has 158 valence electrons. The molecule has 0 aliphatic carbocycles. The zero-order valence-corrected chi connectivity index (χ0v) is 16.4. The Labute approximate surface area is 172 Å². The van der Waals surface area contributed by atoms with Crippen LogP contribution in [-0.4, -0.2) is 68.4 Å². The van der Waals surface area contributed by atoms with E-state index in [0.29, 0.717) is 23.6 Å².